The zero-order valence-corrected chi connectivity index (χ0v) is 16.9. The van der Waals surface area contributed by atoms with E-state index in [1.54, 1.807) is 18.2 Å². The molecule has 1 aliphatic rings. The first-order chi connectivity index (χ1) is 13.3. The van der Waals surface area contributed by atoms with E-state index in [0.29, 0.717) is 28.8 Å². The molecule has 28 heavy (non-hydrogen) atoms. The number of anilines is 1. The molecule has 0 radical (unpaired) electrons. The molecule has 4 rings (SSSR count). The molecule has 10 heteroatoms. The van der Waals surface area contributed by atoms with Crippen LogP contribution in [0.2, 0.25) is 5.02 Å². The summed E-state index contributed by atoms with van der Waals surface area (Å²) in [7, 11) is -3.70. The molecule has 2 N–H and O–H groups in total. The maximum absolute atomic E-state index is 12.7. The van der Waals surface area contributed by atoms with Gasteiger partial charge in [-0.1, -0.05) is 22.9 Å². The summed E-state index contributed by atoms with van der Waals surface area (Å²) in [5.74, 6) is -0.942. The number of hydrogen-bond acceptors (Lipinski definition) is 6. The van der Waals surface area contributed by atoms with Gasteiger partial charge in [-0.15, -0.1) is 0 Å². The molecule has 1 saturated heterocycles. The Labute approximate surface area is 170 Å². The minimum atomic E-state index is -3.70. The molecule has 7 nitrogen and oxygen atoms in total. The molecule has 1 amide bonds. The maximum atomic E-state index is 12.7. The topological polar surface area (TPSA) is 99.6 Å². The quantitative estimate of drug-likeness (QED) is 0.648. The molecule has 1 fully saturated rings. The molecular weight excluding hydrogens is 422 g/mol. The lowest BCUT2D eigenvalue weighted by Crippen LogP contribution is -2.28. The van der Waals surface area contributed by atoms with Gasteiger partial charge in [-0.3, -0.25) is 10.1 Å². The van der Waals surface area contributed by atoms with Gasteiger partial charge in [0.2, 0.25) is 10.0 Å². The van der Waals surface area contributed by atoms with Crippen molar-refractivity contribution in [3.05, 3.63) is 47.0 Å². The third-order valence-electron chi connectivity index (χ3n) is 4.49. The van der Waals surface area contributed by atoms with Crippen LogP contribution in [0.1, 0.15) is 23.2 Å². The lowest BCUT2D eigenvalue weighted by Gasteiger charge is -2.16. The number of carbonyl (C=O) groups is 1. The predicted molar refractivity (Wildman–Crippen MR) is 109 cm³/mol. The van der Waals surface area contributed by atoms with E-state index in [1.165, 1.54) is 33.8 Å². The molecule has 2 aromatic carbocycles. The fourth-order valence-electron chi connectivity index (χ4n) is 3.05. The summed E-state index contributed by atoms with van der Waals surface area (Å²) in [6, 6.07) is 8.90. The van der Waals surface area contributed by atoms with Crippen molar-refractivity contribution in [2.45, 2.75) is 17.7 Å². The van der Waals surface area contributed by atoms with Crippen LogP contribution in [0.4, 0.5) is 5.13 Å². The highest BCUT2D eigenvalue weighted by atomic mass is 35.5. The van der Waals surface area contributed by atoms with Crippen LogP contribution in [-0.2, 0) is 10.0 Å². The zero-order valence-electron chi connectivity index (χ0n) is 14.6. The van der Waals surface area contributed by atoms with Crippen molar-refractivity contribution in [2.75, 3.05) is 18.4 Å². The van der Waals surface area contributed by atoms with Crippen molar-refractivity contribution >= 4 is 54.2 Å². The van der Waals surface area contributed by atoms with Crippen LogP contribution in [0.5, 0.6) is 5.75 Å². The van der Waals surface area contributed by atoms with E-state index in [1.807, 2.05) is 0 Å². The third kappa shape index (κ3) is 3.58. The molecule has 0 aliphatic carbocycles. The van der Waals surface area contributed by atoms with Gasteiger partial charge >= 0.3 is 0 Å². The number of hydrogen-bond donors (Lipinski definition) is 2. The highest BCUT2D eigenvalue weighted by Gasteiger charge is 2.28. The van der Waals surface area contributed by atoms with Crippen molar-refractivity contribution in [3.8, 4) is 5.75 Å². The van der Waals surface area contributed by atoms with E-state index in [9.17, 15) is 18.3 Å². The predicted octanol–water partition coefficient (Wildman–Crippen LogP) is 3.69. The number of phenols is 1. The van der Waals surface area contributed by atoms with Crippen LogP contribution >= 0.6 is 22.9 Å². The second kappa shape index (κ2) is 7.32. The molecular formula is C18H16ClN3O4S2. The first kappa shape index (κ1) is 19.1. The molecule has 146 valence electrons. The number of carbonyl (C=O) groups excluding carboxylic acids is 1. The van der Waals surface area contributed by atoms with Crippen LogP contribution in [0, 0.1) is 0 Å². The minimum absolute atomic E-state index is 0.0200. The summed E-state index contributed by atoms with van der Waals surface area (Å²) in [5, 5.41) is 13.6. The molecule has 3 aromatic rings. The van der Waals surface area contributed by atoms with E-state index < -0.39 is 15.9 Å². The number of nitrogens with zero attached hydrogens (tertiary/aromatic N) is 2. The summed E-state index contributed by atoms with van der Waals surface area (Å²) in [5.41, 5.74) is 0.553. The smallest absolute Gasteiger partial charge is 0.261 e. The van der Waals surface area contributed by atoms with Gasteiger partial charge in [0.15, 0.2) is 5.13 Å². The number of rotatable bonds is 4. The van der Waals surface area contributed by atoms with Crippen molar-refractivity contribution in [2.24, 2.45) is 0 Å². The Morgan fingerprint density at radius 2 is 1.93 bits per heavy atom. The number of thiazole rings is 1. The first-order valence-corrected chi connectivity index (χ1v) is 11.2. The van der Waals surface area contributed by atoms with Crippen molar-refractivity contribution < 1.29 is 18.3 Å². The van der Waals surface area contributed by atoms with E-state index in [2.05, 4.69) is 10.3 Å². The Bertz CT molecular complexity index is 1170. The lowest BCUT2D eigenvalue weighted by atomic mass is 10.2. The van der Waals surface area contributed by atoms with Gasteiger partial charge in [0, 0.05) is 18.1 Å². The van der Waals surface area contributed by atoms with Crippen molar-refractivity contribution in [3.63, 3.8) is 0 Å². The van der Waals surface area contributed by atoms with Gasteiger partial charge in [0.25, 0.3) is 5.91 Å². The number of sulfonamides is 1. The molecule has 0 bridgehead atoms. The van der Waals surface area contributed by atoms with E-state index in [0.717, 1.165) is 17.5 Å². The van der Waals surface area contributed by atoms with Gasteiger partial charge in [-0.25, -0.2) is 13.4 Å². The summed E-state index contributed by atoms with van der Waals surface area (Å²) >= 11 is 7.20. The number of aromatic nitrogens is 1. The summed E-state index contributed by atoms with van der Waals surface area (Å²) in [6.45, 7) is 0.915. The van der Waals surface area contributed by atoms with Crippen LogP contribution in [-0.4, -0.2) is 41.8 Å². The number of nitrogens with one attached hydrogen (secondary N) is 1. The Hall–Kier alpha value is -2.20. The Balaban J connectivity index is 1.63. The highest BCUT2D eigenvalue weighted by molar-refractivity contribution is 7.89. The Morgan fingerprint density at radius 3 is 2.68 bits per heavy atom. The number of halogens is 1. The number of amides is 1. The van der Waals surface area contributed by atoms with E-state index >= 15 is 0 Å². The van der Waals surface area contributed by atoms with Crippen molar-refractivity contribution in [1.82, 2.24) is 9.29 Å². The molecule has 0 saturated carbocycles. The van der Waals surface area contributed by atoms with Crippen LogP contribution in [0.3, 0.4) is 0 Å². The SMILES string of the molecule is O=C(Nc1nc2ccc(Cl)cc2s1)c1cc(S(=O)(=O)N2CCCC2)ccc1O. The Kier molecular flexibility index (Phi) is 5.00. The van der Waals surface area contributed by atoms with Gasteiger partial charge in [0.1, 0.15) is 5.75 Å². The average Bonchev–Trinajstić information content (AvgIpc) is 3.31. The van der Waals surface area contributed by atoms with Crippen LogP contribution in [0.25, 0.3) is 10.2 Å². The summed E-state index contributed by atoms with van der Waals surface area (Å²) in [6.07, 6.45) is 1.62. The number of phenolic OH excluding ortho intramolecular Hbond substituents is 1. The fraction of sp³-hybridized carbons (Fsp3) is 0.222. The van der Waals surface area contributed by atoms with Crippen LogP contribution < -0.4 is 5.32 Å². The standard InChI is InChI=1S/C18H16ClN3O4S2/c19-11-3-5-14-16(9-11)27-18(20-14)21-17(24)13-10-12(4-6-15(13)23)28(25,26)22-7-1-2-8-22/h3-6,9-10,23H,1-2,7-8H2,(H,20,21,24). The maximum Gasteiger partial charge on any atom is 0.261 e. The van der Waals surface area contributed by atoms with E-state index in [-0.39, 0.29) is 16.2 Å². The first-order valence-electron chi connectivity index (χ1n) is 8.55. The van der Waals surface area contributed by atoms with Gasteiger partial charge in [-0.05, 0) is 49.2 Å². The van der Waals surface area contributed by atoms with Crippen LogP contribution in [0.15, 0.2) is 41.3 Å². The molecule has 0 unspecified atom stereocenters. The second-order valence-electron chi connectivity index (χ2n) is 6.38. The fourth-order valence-corrected chi connectivity index (χ4v) is 5.73. The number of benzene rings is 2. The third-order valence-corrected chi connectivity index (χ3v) is 7.55. The Morgan fingerprint density at radius 1 is 1.18 bits per heavy atom. The molecule has 1 aliphatic heterocycles. The summed E-state index contributed by atoms with van der Waals surface area (Å²) < 4.78 is 27.6. The zero-order chi connectivity index (χ0) is 19.9. The van der Waals surface area contributed by atoms with Gasteiger partial charge in [0.05, 0.1) is 20.7 Å². The highest BCUT2D eigenvalue weighted by Crippen LogP contribution is 2.30. The monoisotopic (exact) mass is 437 g/mol. The van der Waals surface area contributed by atoms with Gasteiger partial charge in [-0.2, -0.15) is 4.31 Å². The summed E-state index contributed by atoms with van der Waals surface area (Å²) in [4.78, 5) is 16.9. The molecule has 0 atom stereocenters. The number of aromatic hydroxyl groups is 1. The number of fused-ring (bicyclic) bond motifs is 1. The molecule has 2 heterocycles. The average molecular weight is 438 g/mol. The van der Waals surface area contributed by atoms with Crippen molar-refractivity contribution in [1.29, 1.82) is 0 Å². The minimum Gasteiger partial charge on any atom is -0.507 e. The largest absolute Gasteiger partial charge is 0.507 e. The van der Waals surface area contributed by atoms with E-state index in [4.69, 9.17) is 11.6 Å². The lowest BCUT2D eigenvalue weighted by molar-refractivity contribution is 0.102. The molecule has 0 spiro atoms. The second-order valence-corrected chi connectivity index (χ2v) is 9.78. The molecule has 1 aromatic heterocycles. The normalized spacial score (nSPS) is 15.2. The van der Waals surface area contributed by atoms with Gasteiger partial charge < -0.3 is 5.11 Å².